The van der Waals surface area contributed by atoms with Crippen LogP contribution in [0.2, 0.25) is 0 Å². The van der Waals surface area contributed by atoms with Gasteiger partial charge in [-0.3, -0.25) is 0 Å². The Morgan fingerprint density at radius 3 is 2.16 bits per heavy atom. The van der Waals surface area contributed by atoms with E-state index >= 15 is 0 Å². The fourth-order valence-electron chi connectivity index (χ4n) is 3.13. The van der Waals surface area contributed by atoms with Gasteiger partial charge in [-0.05, 0) is 39.7 Å². The second-order valence-electron chi connectivity index (χ2n) is 7.32. The third kappa shape index (κ3) is 5.56. The first-order chi connectivity index (χ1) is 11.9. The Morgan fingerprint density at radius 1 is 0.960 bits per heavy atom. The van der Waals surface area contributed by atoms with Crippen LogP contribution in [0, 0.1) is 6.42 Å². The summed E-state index contributed by atoms with van der Waals surface area (Å²) in [4.78, 5) is 0. The Hall–Kier alpha value is -0.357. The van der Waals surface area contributed by atoms with Gasteiger partial charge in [-0.1, -0.05) is 88.2 Å². The van der Waals surface area contributed by atoms with Gasteiger partial charge < -0.3 is 0 Å². The van der Waals surface area contributed by atoms with E-state index in [4.69, 9.17) is 17.0 Å². The second kappa shape index (κ2) is 9.54. The summed E-state index contributed by atoms with van der Waals surface area (Å²) in [6.07, 6.45) is 7.07. The van der Waals surface area contributed by atoms with E-state index in [9.17, 15) is 0 Å². The van der Waals surface area contributed by atoms with E-state index in [0.717, 1.165) is 6.42 Å². The van der Waals surface area contributed by atoms with Crippen LogP contribution in [0.15, 0.2) is 48.0 Å². The summed E-state index contributed by atoms with van der Waals surface area (Å²) in [5.41, 5.74) is 8.45. The van der Waals surface area contributed by atoms with Crippen molar-refractivity contribution >= 4 is 23.1 Å². The third-order valence-electron chi connectivity index (χ3n) is 4.41. The van der Waals surface area contributed by atoms with Crippen LogP contribution in [0.1, 0.15) is 57.2 Å². The van der Waals surface area contributed by atoms with Crippen LogP contribution in [0.3, 0.4) is 0 Å². The van der Waals surface area contributed by atoms with Crippen molar-refractivity contribution in [3.05, 3.63) is 71.1 Å². The van der Waals surface area contributed by atoms with Gasteiger partial charge in [0.1, 0.15) is 0 Å². The normalized spacial score (nSPS) is 12.8. The van der Waals surface area contributed by atoms with E-state index in [1.165, 1.54) is 39.8 Å². The molecule has 0 fully saturated rings. The van der Waals surface area contributed by atoms with Crippen molar-refractivity contribution in [2.24, 2.45) is 0 Å². The van der Waals surface area contributed by atoms with Gasteiger partial charge in [0, 0.05) is 6.42 Å². The molecular formula is C22H25Cl2Zr. The molecule has 0 bridgehead atoms. The minimum atomic E-state index is -0.826. The predicted octanol–water partition coefficient (Wildman–Crippen LogP) is 7.78. The molecule has 0 aromatic heterocycles. The Labute approximate surface area is 171 Å². The van der Waals surface area contributed by atoms with Crippen LogP contribution < -0.4 is 0 Å². The van der Waals surface area contributed by atoms with Crippen LogP contribution in [0.4, 0.5) is 0 Å². The second-order valence-corrected chi connectivity index (χ2v) is 11.1. The van der Waals surface area contributed by atoms with Gasteiger partial charge >= 0.3 is 37.9 Å². The minimum absolute atomic E-state index is 0.207. The fourth-order valence-corrected chi connectivity index (χ4v) is 3.13. The Morgan fingerprint density at radius 2 is 1.60 bits per heavy atom. The third-order valence-corrected chi connectivity index (χ3v) is 4.41. The van der Waals surface area contributed by atoms with Gasteiger partial charge in [-0.2, -0.15) is 0 Å². The van der Waals surface area contributed by atoms with E-state index < -0.39 is 20.8 Å². The van der Waals surface area contributed by atoms with Gasteiger partial charge in [-0.25, -0.2) is 0 Å². The van der Waals surface area contributed by atoms with E-state index in [2.05, 4.69) is 82.7 Å². The SMILES string of the molecule is CCCC1=Cc2c(cccc2-c2ccc(C(C)(C)C)cc2)[CH]1.[Cl][Zr][Cl]. The van der Waals surface area contributed by atoms with Crippen molar-refractivity contribution in [2.75, 3.05) is 0 Å². The summed E-state index contributed by atoms with van der Waals surface area (Å²) >= 11 is -0.826. The average Bonchev–Trinajstić information content (AvgIpc) is 2.98. The molecule has 0 aliphatic heterocycles. The van der Waals surface area contributed by atoms with Crippen LogP contribution in [-0.4, -0.2) is 0 Å². The molecule has 2 aromatic carbocycles. The number of halogens is 2. The molecule has 3 rings (SSSR count). The maximum absolute atomic E-state index is 4.93. The zero-order valence-corrected chi connectivity index (χ0v) is 19.3. The number of rotatable bonds is 3. The molecule has 0 atom stereocenters. The Kier molecular flexibility index (Phi) is 8.00. The summed E-state index contributed by atoms with van der Waals surface area (Å²) in [5, 5.41) is 0. The first-order valence-corrected chi connectivity index (χ1v) is 15.0. The molecule has 0 heterocycles. The summed E-state index contributed by atoms with van der Waals surface area (Å²) in [6, 6.07) is 15.7. The van der Waals surface area contributed by atoms with Gasteiger partial charge in [-0.15, -0.1) is 0 Å². The maximum atomic E-state index is 4.93. The fraction of sp³-hybridized carbons (Fsp3) is 0.318. The summed E-state index contributed by atoms with van der Waals surface area (Å²) in [6.45, 7) is 9.02. The van der Waals surface area contributed by atoms with Gasteiger partial charge in [0.15, 0.2) is 0 Å². The van der Waals surface area contributed by atoms with Crippen molar-refractivity contribution in [3.8, 4) is 11.1 Å². The molecule has 3 heteroatoms. The van der Waals surface area contributed by atoms with Gasteiger partial charge in [0.2, 0.25) is 0 Å². The molecular weight excluding hydrogens is 426 g/mol. The summed E-state index contributed by atoms with van der Waals surface area (Å²) in [5.74, 6) is 0. The topological polar surface area (TPSA) is 0 Å². The van der Waals surface area contributed by atoms with Crippen LogP contribution in [0.5, 0.6) is 0 Å². The number of allylic oxidation sites excluding steroid dienone is 1. The van der Waals surface area contributed by atoms with Crippen LogP contribution in [-0.2, 0) is 26.3 Å². The van der Waals surface area contributed by atoms with Crippen LogP contribution in [0.25, 0.3) is 17.2 Å². The molecule has 0 saturated heterocycles. The molecule has 0 amide bonds. The van der Waals surface area contributed by atoms with E-state index in [-0.39, 0.29) is 5.41 Å². The van der Waals surface area contributed by atoms with Crippen molar-refractivity contribution in [2.45, 2.75) is 46.0 Å². The summed E-state index contributed by atoms with van der Waals surface area (Å²) in [7, 11) is 9.87. The van der Waals surface area contributed by atoms with E-state index in [0.29, 0.717) is 0 Å². The first-order valence-electron chi connectivity index (χ1n) is 8.66. The molecule has 131 valence electrons. The molecule has 0 spiro atoms. The number of hydrogen-bond donors (Lipinski definition) is 0. The molecule has 0 saturated carbocycles. The molecule has 1 aliphatic carbocycles. The molecule has 0 N–H and O–H groups in total. The number of fused-ring (bicyclic) bond motifs is 1. The molecule has 0 unspecified atom stereocenters. The van der Waals surface area contributed by atoms with Gasteiger partial charge in [0.05, 0.1) is 0 Å². The quantitative estimate of drug-likeness (QED) is 0.447. The zero-order valence-electron chi connectivity index (χ0n) is 15.4. The number of hydrogen-bond acceptors (Lipinski definition) is 0. The van der Waals surface area contributed by atoms with Crippen molar-refractivity contribution in [1.29, 1.82) is 0 Å². The van der Waals surface area contributed by atoms with Crippen molar-refractivity contribution < 1.29 is 20.8 Å². The summed E-state index contributed by atoms with van der Waals surface area (Å²) < 4.78 is 0. The first kappa shape index (κ1) is 20.9. The Balaban J connectivity index is 0.000000701. The molecule has 2 aromatic rings. The average molecular weight is 452 g/mol. The standard InChI is InChI=1S/C22H25.2ClH.Zr/c1-5-7-16-14-18-8-6-9-20(21(18)15-16)17-10-12-19(13-11-17)22(2,3)4;;;/h6,8-15H,5,7H2,1-4H3;2*1H;/q;;;+2/p-2. The molecule has 1 radical (unpaired) electrons. The van der Waals surface area contributed by atoms with Crippen molar-refractivity contribution in [1.82, 2.24) is 0 Å². The molecule has 0 nitrogen and oxygen atoms in total. The van der Waals surface area contributed by atoms with Gasteiger partial charge in [0.25, 0.3) is 0 Å². The molecule has 25 heavy (non-hydrogen) atoms. The van der Waals surface area contributed by atoms with E-state index in [1.807, 2.05) is 0 Å². The van der Waals surface area contributed by atoms with Crippen molar-refractivity contribution in [3.63, 3.8) is 0 Å². The molecule has 1 aliphatic rings. The zero-order chi connectivity index (χ0) is 18.4. The van der Waals surface area contributed by atoms with E-state index in [1.54, 1.807) is 0 Å². The monoisotopic (exact) mass is 449 g/mol. The number of benzene rings is 2. The predicted molar refractivity (Wildman–Crippen MR) is 109 cm³/mol. The van der Waals surface area contributed by atoms with Crippen LogP contribution >= 0.6 is 17.0 Å². The Bertz CT molecular complexity index is 725.